The minimum absolute atomic E-state index is 0.0115. The van der Waals surface area contributed by atoms with Crippen LogP contribution in [0.25, 0.3) is 0 Å². The Kier molecular flexibility index (Phi) is 8.83. The van der Waals surface area contributed by atoms with Crippen LogP contribution >= 0.6 is 0 Å². The summed E-state index contributed by atoms with van der Waals surface area (Å²) in [4.78, 5) is 32.7. The predicted molar refractivity (Wildman–Crippen MR) is 133 cm³/mol. The summed E-state index contributed by atoms with van der Waals surface area (Å²) in [5, 5.41) is 0. The molecule has 2 aromatic carbocycles. The second kappa shape index (κ2) is 12.3. The van der Waals surface area contributed by atoms with Gasteiger partial charge in [-0.3, -0.25) is 14.5 Å². The Bertz CT molecular complexity index is 1220. The van der Waals surface area contributed by atoms with Crippen molar-refractivity contribution in [3.05, 3.63) is 89.1 Å². The number of oxazole rings is 1. The number of ether oxygens (including phenoxy) is 1. The zero-order chi connectivity index (χ0) is 27.1. The van der Waals surface area contributed by atoms with Crippen molar-refractivity contribution in [3.8, 4) is 0 Å². The molecule has 3 aromatic rings. The first-order chi connectivity index (χ1) is 18.2. The van der Waals surface area contributed by atoms with Gasteiger partial charge < -0.3 is 14.1 Å². The zero-order valence-corrected chi connectivity index (χ0v) is 21.1. The fourth-order valence-electron chi connectivity index (χ4n) is 4.60. The molecule has 1 aromatic heterocycles. The lowest BCUT2D eigenvalue weighted by Crippen LogP contribution is -2.40. The summed E-state index contributed by atoms with van der Waals surface area (Å²) in [5.41, 5.74) is 0.505. The van der Waals surface area contributed by atoms with Crippen LogP contribution in [0.2, 0.25) is 0 Å². The number of piperidine rings is 1. The van der Waals surface area contributed by atoms with E-state index in [4.69, 9.17) is 9.15 Å². The summed E-state index contributed by atoms with van der Waals surface area (Å²) in [6.45, 7) is 3.37. The van der Waals surface area contributed by atoms with Crippen molar-refractivity contribution in [2.45, 2.75) is 45.6 Å². The number of halogens is 3. The molecule has 0 N–H and O–H groups in total. The Morgan fingerprint density at radius 3 is 2.39 bits per heavy atom. The molecule has 0 spiro atoms. The van der Waals surface area contributed by atoms with E-state index in [1.807, 2.05) is 30.3 Å². The Morgan fingerprint density at radius 1 is 1.03 bits per heavy atom. The van der Waals surface area contributed by atoms with Gasteiger partial charge in [0.1, 0.15) is 6.26 Å². The third-order valence-corrected chi connectivity index (χ3v) is 6.50. The van der Waals surface area contributed by atoms with Crippen molar-refractivity contribution < 1.29 is 31.9 Å². The van der Waals surface area contributed by atoms with Gasteiger partial charge in [-0.25, -0.2) is 4.98 Å². The first-order valence-electron chi connectivity index (χ1n) is 12.6. The molecule has 4 rings (SSSR count). The van der Waals surface area contributed by atoms with Gasteiger partial charge in [-0.1, -0.05) is 48.5 Å². The summed E-state index contributed by atoms with van der Waals surface area (Å²) >= 11 is 0. The molecule has 1 aliphatic rings. The molecule has 0 atom stereocenters. The van der Waals surface area contributed by atoms with E-state index in [1.165, 1.54) is 18.4 Å². The molecule has 38 heavy (non-hydrogen) atoms. The number of hydrogen-bond donors (Lipinski definition) is 0. The van der Waals surface area contributed by atoms with Crippen LogP contribution in [-0.4, -0.2) is 46.4 Å². The number of amides is 1. The number of aromatic nitrogens is 1. The predicted octanol–water partition coefficient (Wildman–Crippen LogP) is 5.31. The van der Waals surface area contributed by atoms with Crippen molar-refractivity contribution in [3.63, 3.8) is 0 Å². The molecule has 1 amide bonds. The zero-order valence-electron chi connectivity index (χ0n) is 21.1. The average Bonchev–Trinajstić information content (AvgIpc) is 3.37. The number of rotatable bonds is 9. The minimum Gasteiger partial charge on any atom is -0.466 e. The minimum atomic E-state index is -4.47. The highest BCUT2D eigenvalue weighted by Gasteiger charge is 2.33. The van der Waals surface area contributed by atoms with Gasteiger partial charge in [-0.15, -0.1) is 0 Å². The number of alkyl halides is 3. The quantitative estimate of drug-likeness (QED) is 0.350. The first kappa shape index (κ1) is 27.4. The lowest BCUT2D eigenvalue weighted by Gasteiger charge is -2.30. The second-order valence-electron chi connectivity index (χ2n) is 9.23. The SMILES string of the molecule is CCOC(=O)C1CCN(C(=O)c2coc(CN(Cc3ccccc3)Cc3ccccc3C(F)(F)F)n2)CC1. The topological polar surface area (TPSA) is 75.9 Å². The molecule has 0 bridgehead atoms. The molecule has 0 saturated carbocycles. The van der Waals surface area contributed by atoms with Crippen LogP contribution in [0.1, 0.15) is 52.8 Å². The number of carbonyl (C=O) groups excluding carboxylic acids is 2. The summed E-state index contributed by atoms with van der Waals surface area (Å²) < 4.78 is 51.5. The molecule has 1 saturated heterocycles. The molecule has 0 radical (unpaired) electrons. The number of benzene rings is 2. The smallest absolute Gasteiger partial charge is 0.416 e. The van der Waals surface area contributed by atoms with E-state index in [0.29, 0.717) is 39.1 Å². The highest BCUT2D eigenvalue weighted by Crippen LogP contribution is 2.33. The number of hydrogen-bond acceptors (Lipinski definition) is 6. The van der Waals surface area contributed by atoms with Crippen molar-refractivity contribution in [1.82, 2.24) is 14.8 Å². The number of carbonyl (C=O) groups is 2. The molecule has 7 nitrogen and oxygen atoms in total. The number of esters is 1. The molecule has 2 heterocycles. The van der Waals surface area contributed by atoms with Gasteiger partial charge in [0, 0.05) is 26.2 Å². The Balaban J connectivity index is 1.46. The normalized spacial score (nSPS) is 14.6. The molecular formula is C28H30F3N3O4. The van der Waals surface area contributed by atoms with Crippen LogP contribution in [0.4, 0.5) is 13.2 Å². The maximum absolute atomic E-state index is 13.6. The lowest BCUT2D eigenvalue weighted by molar-refractivity contribution is -0.149. The van der Waals surface area contributed by atoms with Gasteiger partial charge in [0.05, 0.1) is 24.6 Å². The van der Waals surface area contributed by atoms with Crippen molar-refractivity contribution in [2.75, 3.05) is 19.7 Å². The molecule has 0 aliphatic carbocycles. The van der Waals surface area contributed by atoms with E-state index in [1.54, 1.807) is 22.8 Å². The van der Waals surface area contributed by atoms with Crippen LogP contribution in [-0.2, 0) is 35.3 Å². The monoisotopic (exact) mass is 529 g/mol. The second-order valence-corrected chi connectivity index (χ2v) is 9.23. The third kappa shape index (κ3) is 7.00. The molecule has 1 aliphatic heterocycles. The Hall–Kier alpha value is -3.66. The van der Waals surface area contributed by atoms with E-state index < -0.39 is 11.7 Å². The van der Waals surface area contributed by atoms with E-state index >= 15 is 0 Å². The average molecular weight is 530 g/mol. The fraction of sp³-hybridized carbons (Fsp3) is 0.393. The van der Waals surface area contributed by atoms with Gasteiger partial charge in [0.2, 0.25) is 5.89 Å². The van der Waals surface area contributed by atoms with E-state index in [2.05, 4.69) is 4.98 Å². The maximum Gasteiger partial charge on any atom is 0.416 e. The summed E-state index contributed by atoms with van der Waals surface area (Å²) in [7, 11) is 0. The maximum atomic E-state index is 13.6. The summed E-state index contributed by atoms with van der Waals surface area (Å²) in [5.74, 6) is -0.540. The number of nitrogens with zero attached hydrogens (tertiary/aromatic N) is 3. The molecule has 10 heteroatoms. The van der Waals surface area contributed by atoms with Crippen molar-refractivity contribution >= 4 is 11.9 Å². The summed E-state index contributed by atoms with van der Waals surface area (Å²) in [6.07, 6.45) is -2.17. The Morgan fingerprint density at radius 2 is 1.71 bits per heavy atom. The molecule has 1 fully saturated rings. The van der Waals surface area contributed by atoms with E-state index in [0.717, 1.165) is 11.6 Å². The highest BCUT2D eigenvalue weighted by atomic mass is 19.4. The molecule has 202 valence electrons. The lowest BCUT2D eigenvalue weighted by atomic mass is 9.97. The van der Waals surface area contributed by atoms with Gasteiger partial charge in [-0.05, 0) is 37.0 Å². The largest absolute Gasteiger partial charge is 0.466 e. The van der Waals surface area contributed by atoms with Gasteiger partial charge in [0.25, 0.3) is 5.91 Å². The first-order valence-corrected chi connectivity index (χ1v) is 12.6. The van der Waals surface area contributed by atoms with E-state index in [9.17, 15) is 22.8 Å². The van der Waals surface area contributed by atoms with Crippen LogP contribution in [0, 0.1) is 5.92 Å². The number of likely N-dealkylation sites (tertiary alicyclic amines) is 1. The van der Waals surface area contributed by atoms with Crippen molar-refractivity contribution in [1.29, 1.82) is 0 Å². The highest BCUT2D eigenvalue weighted by molar-refractivity contribution is 5.92. The molecular weight excluding hydrogens is 499 g/mol. The fourth-order valence-corrected chi connectivity index (χ4v) is 4.60. The standard InChI is InChI=1S/C28H30F3N3O4/c1-2-37-27(36)21-12-14-34(15-13-21)26(35)24-19-38-25(32-24)18-33(16-20-8-4-3-5-9-20)17-22-10-6-7-11-23(22)28(29,30)31/h3-11,19,21H,2,12-18H2,1H3. The summed E-state index contributed by atoms with van der Waals surface area (Å²) in [6, 6.07) is 14.9. The molecule has 0 unspecified atom stereocenters. The van der Waals surface area contributed by atoms with Gasteiger partial charge in [-0.2, -0.15) is 13.2 Å². The third-order valence-electron chi connectivity index (χ3n) is 6.50. The van der Waals surface area contributed by atoms with Gasteiger partial charge in [0.15, 0.2) is 5.69 Å². The van der Waals surface area contributed by atoms with Crippen LogP contribution in [0.5, 0.6) is 0 Å². The van der Waals surface area contributed by atoms with Crippen LogP contribution < -0.4 is 0 Å². The van der Waals surface area contributed by atoms with Crippen LogP contribution in [0.3, 0.4) is 0 Å². The van der Waals surface area contributed by atoms with Gasteiger partial charge >= 0.3 is 12.1 Å². The van der Waals surface area contributed by atoms with Crippen LogP contribution in [0.15, 0.2) is 65.3 Å². The van der Waals surface area contributed by atoms with E-state index in [-0.39, 0.29) is 48.0 Å². The van der Waals surface area contributed by atoms with Crippen molar-refractivity contribution in [2.24, 2.45) is 5.92 Å². The Labute approximate surface area is 219 Å².